The van der Waals surface area contributed by atoms with Gasteiger partial charge in [-0.25, -0.2) is 8.78 Å². The maximum atomic E-state index is 13.6. The van der Waals surface area contributed by atoms with Gasteiger partial charge in [0.1, 0.15) is 17.9 Å². The molecule has 0 bridgehead atoms. The molecular weight excluding hydrogens is 260 g/mol. The third-order valence-electron chi connectivity index (χ3n) is 3.52. The van der Waals surface area contributed by atoms with Gasteiger partial charge < -0.3 is 4.74 Å². The SMILES string of the molecule is Fc1cccc(F)c1COC1NCCc2ccccc21. The van der Waals surface area contributed by atoms with Crippen LogP contribution >= 0.6 is 0 Å². The molecule has 1 aliphatic heterocycles. The van der Waals surface area contributed by atoms with Gasteiger partial charge in [-0.05, 0) is 29.7 Å². The quantitative estimate of drug-likeness (QED) is 0.927. The average molecular weight is 275 g/mol. The zero-order chi connectivity index (χ0) is 13.9. The van der Waals surface area contributed by atoms with Gasteiger partial charge in [-0.15, -0.1) is 0 Å². The first kappa shape index (κ1) is 13.2. The summed E-state index contributed by atoms with van der Waals surface area (Å²) in [6.07, 6.45) is 0.614. The summed E-state index contributed by atoms with van der Waals surface area (Å²) in [5.74, 6) is -1.15. The molecule has 3 rings (SSSR count). The summed E-state index contributed by atoms with van der Waals surface area (Å²) in [5, 5.41) is 3.22. The van der Waals surface area contributed by atoms with Gasteiger partial charge in [-0.3, -0.25) is 5.32 Å². The predicted octanol–water partition coefficient (Wildman–Crippen LogP) is 3.33. The van der Waals surface area contributed by atoms with Crippen LogP contribution in [-0.2, 0) is 17.8 Å². The van der Waals surface area contributed by atoms with Crippen LogP contribution in [0.3, 0.4) is 0 Å². The van der Waals surface area contributed by atoms with Crippen LogP contribution in [0.2, 0.25) is 0 Å². The molecule has 1 aliphatic rings. The Labute approximate surface area is 116 Å². The fourth-order valence-electron chi connectivity index (χ4n) is 2.45. The zero-order valence-corrected chi connectivity index (χ0v) is 10.9. The van der Waals surface area contributed by atoms with Gasteiger partial charge in [0.2, 0.25) is 0 Å². The summed E-state index contributed by atoms with van der Waals surface area (Å²) in [5.41, 5.74) is 2.22. The van der Waals surface area contributed by atoms with Gasteiger partial charge in [0.05, 0.1) is 6.61 Å². The Morgan fingerprint density at radius 2 is 1.80 bits per heavy atom. The Balaban J connectivity index is 1.77. The molecule has 4 heteroatoms. The van der Waals surface area contributed by atoms with Gasteiger partial charge in [0.25, 0.3) is 0 Å². The van der Waals surface area contributed by atoms with Crippen molar-refractivity contribution in [3.8, 4) is 0 Å². The highest BCUT2D eigenvalue weighted by molar-refractivity contribution is 5.31. The highest BCUT2D eigenvalue weighted by Gasteiger charge is 2.20. The number of fused-ring (bicyclic) bond motifs is 1. The molecule has 0 fully saturated rings. The molecule has 1 unspecified atom stereocenters. The van der Waals surface area contributed by atoms with E-state index in [0.717, 1.165) is 18.5 Å². The number of benzene rings is 2. The number of hydrogen-bond acceptors (Lipinski definition) is 2. The van der Waals surface area contributed by atoms with E-state index in [2.05, 4.69) is 11.4 Å². The van der Waals surface area contributed by atoms with Crippen molar-refractivity contribution in [3.63, 3.8) is 0 Å². The number of hydrogen-bond donors (Lipinski definition) is 1. The Kier molecular flexibility index (Phi) is 3.76. The molecule has 1 heterocycles. The minimum atomic E-state index is -0.575. The molecule has 0 radical (unpaired) electrons. The second kappa shape index (κ2) is 5.69. The van der Waals surface area contributed by atoms with E-state index >= 15 is 0 Å². The normalized spacial score (nSPS) is 17.8. The number of halogens is 2. The van der Waals surface area contributed by atoms with Crippen molar-refractivity contribution < 1.29 is 13.5 Å². The summed E-state index contributed by atoms with van der Waals surface area (Å²) < 4.78 is 32.8. The summed E-state index contributed by atoms with van der Waals surface area (Å²) in [4.78, 5) is 0. The number of nitrogens with one attached hydrogen (secondary N) is 1. The van der Waals surface area contributed by atoms with E-state index in [1.165, 1.54) is 23.8 Å². The Bertz CT molecular complexity index is 595. The van der Waals surface area contributed by atoms with Crippen molar-refractivity contribution in [3.05, 3.63) is 70.8 Å². The van der Waals surface area contributed by atoms with Crippen LogP contribution in [0, 0.1) is 11.6 Å². The van der Waals surface area contributed by atoms with E-state index in [9.17, 15) is 8.78 Å². The molecule has 20 heavy (non-hydrogen) atoms. The van der Waals surface area contributed by atoms with Crippen LogP contribution in [0.25, 0.3) is 0 Å². The molecule has 0 aliphatic carbocycles. The Hall–Kier alpha value is -1.78. The molecule has 0 amide bonds. The summed E-state index contributed by atoms with van der Waals surface area (Å²) in [6.45, 7) is 0.700. The van der Waals surface area contributed by atoms with Crippen LogP contribution in [0.4, 0.5) is 8.78 Å². The highest BCUT2D eigenvalue weighted by atomic mass is 19.1. The largest absolute Gasteiger partial charge is 0.354 e. The molecule has 2 aromatic rings. The monoisotopic (exact) mass is 275 g/mol. The second-order valence-corrected chi connectivity index (χ2v) is 4.79. The Morgan fingerprint density at radius 1 is 1.05 bits per heavy atom. The first-order valence-corrected chi connectivity index (χ1v) is 6.61. The molecule has 0 aromatic heterocycles. The van der Waals surface area contributed by atoms with Crippen LogP contribution in [-0.4, -0.2) is 6.54 Å². The minimum Gasteiger partial charge on any atom is -0.354 e. The van der Waals surface area contributed by atoms with Crippen molar-refractivity contribution in [1.29, 1.82) is 0 Å². The van der Waals surface area contributed by atoms with Gasteiger partial charge in [-0.2, -0.15) is 0 Å². The summed E-state index contributed by atoms with van der Waals surface area (Å²) in [7, 11) is 0. The first-order valence-electron chi connectivity index (χ1n) is 6.61. The maximum absolute atomic E-state index is 13.6. The van der Waals surface area contributed by atoms with E-state index in [1.807, 2.05) is 18.2 Å². The van der Waals surface area contributed by atoms with Crippen LogP contribution in [0.1, 0.15) is 22.9 Å². The maximum Gasteiger partial charge on any atom is 0.135 e. The van der Waals surface area contributed by atoms with Gasteiger partial charge in [0, 0.05) is 12.1 Å². The van der Waals surface area contributed by atoms with E-state index < -0.39 is 11.6 Å². The minimum absolute atomic E-state index is 0.0302. The van der Waals surface area contributed by atoms with Crippen molar-refractivity contribution in [1.82, 2.24) is 5.32 Å². The van der Waals surface area contributed by atoms with E-state index in [4.69, 9.17) is 4.74 Å². The third-order valence-corrected chi connectivity index (χ3v) is 3.52. The molecule has 104 valence electrons. The third kappa shape index (κ3) is 2.57. The lowest BCUT2D eigenvalue weighted by Gasteiger charge is -2.27. The summed E-state index contributed by atoms with van der Waals surface area (Å²) >= 11 is 0. The molecule has 0 saturated carbocycles. The highest BCUT2D eigenvalue weighted by Crippen LogP contribution is 2.25. The van der Waals surface area contributed by atoms with Crippen LogP contribution in [0.15, 0.2) is 42.5 Å². The van der Waals surface area contributed by atoms with Crippen LogP contribution in [0.5, 0.6) is 0 Å². The lowest BCUT2D eigenvalue weighted by atomic mass is 10.00. The molecule has 1 N–H and O–H groups in total. The number of rotatable bonds is 3. The molecule has 0 spiro atoms. The van der Waals surface area contributed by atoms with Crippen LogP contribution < -0.4 is 5.32 Å². The first-order chi connectivity index (χ1) is 9.75. The molecule has 0 saturated heterocycles. The fraction of sp³-hybridized carbons (Fsp3) is 0.250. The van der Waals surface area contributed by atoms with Crippen molar-refractivity contribution in [2.45, 2.75) is 19.3 Å². The zero-order valence-electron chi connectivity index (χ0n) is 10.9. The van der Waals surface area contributed by atoms with E-state index in [-0.39, 0.29) is 18.4 Å². The number of ether oxygens (including phenoxy) is 1. The summed E-state index contributed by atoms with van der Waals surface area (Å²) in [6, 6.07) is 11.8. The fourth-order valence-corrected chi connectivity index (χ4v) is 2.45. The van der Waals surface area contributed by atoms with Gasteiger partial charge >= 0.3 is 0 Å². The molecule has 2 nitrogen and oxygen atoms in total. The van der Waals surface area contributed by atoms with Crippen molar-refractivity contribution in [2.75, 3.05) is 6.54 Å². The lowest BCUT2D eigenvalue weighted by molar-refractivity contribution is 0.00941. The van der Waals surface area contributed by atoms with E-state index in [1.54, 1.807) is 0 Å². The topological polar surface area (TPSA) is 21.3 Å². The smallest absolute Gasteiger partial charge is 0.135 e. The van der Waals surface area contributed by atoms with Gasteiger partial charge in [0.15, 0.2) is 0 Å². The van der Waals surface area contributed by atoms with Crippen molar-refractivity contribution >= 4 is 0 Å². The Morgan fingerprint density at radius 3 is 2.60 bits per heavy atom. The van der Waals surface area contributed by atoms with E-state index in [0.29, 0.717) is 0 Å². The molecule has 2 aromatic carbocycles. The standard InChI is InChI=1S/C16H15F2NO/c17-14-6-3-7-15(18)13(14)10-20-16-12-5-2-1-4-11(12)8-9-19-16/h1-7,16,19H,8-10H2. The average Bonchev–Trinajstić information content (AvgIpc) is 2.47. The van der Waals surface area contributed by atoms with Gasteiger partial charge in [-0.1, -0.05) is 30.3 Å². The molecule has 1 atom stereocenters. The lowest BCUT2D eigenvalue weighted by Crippen LogP contribution is -2.31. The molecular formula is C16H15F2NO. The van der Waals surface area contributed by atoms with Crippen molar-refractivity contribution in [2.24, 2.45) is 0 Å². The second-order valence-electron chi connectivity index (χ2n) is 4.79. The predicted molar refractivity (Wildman–Crippen MR) is 72.0 cm³/mol.